The molecule has 0 aromatic heterocycles. The molecule has 1 aromatic carbocycles. The van der Waals surface area contributed by atoms with Crippen LogP contribution in [-0.4, -0.2) is 14.2 Å². The summed E-state index contributed by atoms with van der Waals surface area (Å²) in [4.78, 5) is 0. The zero-order chi connectivity index (χ0) is 13.1. The van der Waals surface area contributed by atoms with Gasteiger partial charge in [-0.3, -0.25) is 4.72 Å². The van der Waals surface area contributed by atoms with E-state index in [0.717, 1.165) is 6.42 Å². The molecule has 0 saturated carbocycles. The third kappa shape index (κ3) is 3.74. The topological polar surface area (TPSA) is 72.2 Å². The first-order valence-corrected chi connectivity index (χ1v) is 7.14. The summed E-state index contributed by atoms with van der Waals surface area (Å²) in [6.45, 7) is 1.87. The highest BCUT2D eigenvalue weighted by molar-refractivity contribution is 7.92. The first-order valence-electron chi connectivity index (χ1n) is 5.11. The Kier molecular flexibility index (Phi) is 4.59. The van der Waals surface area contributed by atoms with E-state index in [1.807, 2.05) is 6.92 Å². The van der Waals surface area contributed by atoms with Crippen molar-refractivity contribution >= 4 is 33.0 Å². The largest absolute Gasteiger partial charge is 0.395 e. The third-order valence-electron chi connectivity index (χ3n) is 2.16. The molecule has 0 unspecified atom stereocenters. The fourth-order valence-electron chi connectivity index (χ4n) is 1.20. The highest BCUT2D eigenvalue weighted by Crippen LogP contribution is 2.28. The second-order valence-corrected chi connectivity index (χ2v) is 5.85. The second-order valence-electron chi connectivity index (χ2n) is 3.60. The van der Waals surface area contributed by atoms with Crippen LogP contribution in [0.4, 0.5) is 15.8 Å². The number of nitrogen functional groups attached to an aromatic ring is 1. The Hall–Kier alpha value is -1.01. The summed E-state index contributed by atoms with van der Waals surface area (Å²) in [7, 11) is -3.54. The monoisotopic (exact) mass is 280 g/mol. The average molecular weight is 281 g/mol. The number of sulfonamides is 1. The number of hydrogen-bond acceptors (Lipinski definition) is 3. The highest BCUT2D eigenvalue weighted by atomic mass is 35.5. The number of rotatable bonds is 5. The lowest BCUT2D eigenvalue weighted by atomic mass is 10.3. The molecule has 4 nitrogen and oxygen atoms in total. The van der Waals surface area contributed by atoms with Crippen molar-refractivity contribution in [1.29, 1.82) is 0 Å². The van der Waals surface area contributed by atoms with E-state index in [1.54, 1.807) is 0 Å². The molecule has 96 valence electrons. The summed E-state index contributed by atoms with van der Waals surface area (Å²) in [6, 6.07) is 2.59. The predicted molar refractivity (Wildman–Crippen MR) is 68.1 cm³/mol. The minimum atomic E-state index is -3.54. The molecule has 0 bridgehead atoms. The van der Waals surface area contributed by atoms with Crippen molar-refractivity contribution in [1.82, 2.24) is 0 Å². The van der Waals surface area contributed by atoms with Crippen molar-refractivity contribution in [3.8, 4) is 0 Å². The SMILES string of the molecule is CCCCS(=O)(=O)Nc1ccc(Cl)c(N)c1F. The average Bonchev–Trinajstić information content (AvgIpc) is 2.27. The molecule has 0 heterocycles. The molecule has 0 saturated heterocycles. The van der Waals surface area contributed by atoms with E-state index < -0.39 is 15.8 Å². The summed E-state index contributed by atoms with van der Waals surface area (Å²) in [6.07, 6.45) is 1.26. The summed E-state index contributed by atoms with van der Waals surface area (Å²) in [5, 5.41) is 0.0546. The molecule has 1 rings (SSSR count). The Morgan fingerprint density at radius 1 is 1.47 bits per heavy atom. The molecule has 3 N–H and O–H groups in total. The molecule has 0 atom stereocenters. The molecule has 7 heteroatoms. The number of anilines is 2. The van der Waals surface area contributed by atoms with Gasteiger partial charge in [0.05, 0.1) is 22.2 Å². The smallest absolute Gasteiger partial charge is 0.232 e. The van der Waals surface area contributed by atoms with Gasteiger partial charge in [-0.15, -0.1) is 0 Å². The van der Waals surface area contributed by atoms with Gasteiger partial charge in [0.15, 0.2) is 5.82 Å². The van der Waals surface area contributed by atoms with Crippen LogP contribution >= 0.6 is 11.6 Å². The van der Waals surface area contributed by atoms with Crippen molar-refractivity contribution in [2.45, 2.75) is 19.8 Å². The van der Waals surface area contributed by atoms with Gasteiger partial charge in [-0.25, -0.2) is 12.8 Å². The second kappa shape index (κ2) is 5.55. The first-order chi connectivity index (χ1) is 7.87. The molecular formula is C10H14ClFN2O2S. The first kappa shape index (κ1) is 14.1. The Labute approximate surface area is 105 Å². The third-order valence-corrected chi connectivity index (χ3v) is 3.85. The molecule has 0 fully saturated rings. The van der Waals surface area contributed by atoms with E-state index in [1.165, 1.54) is 12.1 Å². The minimum absolute atomic E-state index is 0.0501. The van der Waals surface area contributed by atoms with E-state index in [0.29, 0.717) is 6.42 Å². The van der Waals surface area contributed by atoms with E-state index in [9.17, 15) is 12.8 Å². The minimum Gasteiger partial charge on any atom is -0.395 e. The van der Waals surface area contributed by atoms with Gasteiger partial charge in [0, 0.05) is 0 Å². The maximum Gasteiger partial charge on any atom is 0.232 e. The van der Waals surface area contributed by atoms with E-state index >= 15 is 0 Å². The van der Waals surface area contributed by atoms with Crippen LogP contribution < -0.4 is 10.5 Å². The maximum absolute atomic E-state index is 13.6. The Balaban J connectivity index is 2.93. The van der Waals surface area contributed by atoms with Gasteiger partial charge < -0.3 is 5.73 Å². The summed E-state index contributed by atoms with van der Waals surface area (Å²) < 4.78 is 38.8. The van der Waals surface area contributed by atoms with Crippen molar-refractivity contribution in [2.75, 3.05) is 16.2 Å². The fraction of sp³-hybridized carbons (Fsp3) is 0.400. The molecule has 0 spiro atoms. The zero-order valence-corrected chi connectivity index (χ0v) is 10.9. The van der Waals surface area contributed by atoms with Crippen LogP contribution in [0.3, 0.4) is 0 Å². The number of nitrogens with one attached hydrogen (secondary N) is 1. The predicted octanol–water partition coefficient (Wildman–Crippen LogP) is 2.60. The van der Waals surface area contributed by atoms with Crippen LogP contribution in [0.25, 0.3) is 0 Å². The Morgan fingerprint density at radius 3 is 2.71 bits per heavy atom. The lowest BCUT2D eigenvalue weighted by molar-refractivity contribution is 0.595. The van der Waals surface area contributed by atoms with Gasteiger partial charge in [0.25, 0.3) is 0 Å². The van der Waals surface area contributed by atoms with Gasteiger partial charge in [-0.1, -0.05) is 24.9 Å². The molecule has 0 aliphatic carbocycles. The van der Waals surface area contributed by atoms with Crippen molar-refractivity contribution in [2.24, 2.45) is 0 Å². The van der Waals surface area contributed by atoms with Gasteiger partial charge in [-0.2, -0.15) is 0 Å². The van der Waals surface area contributed by atoms with Gasteiger partial charge in [0.2, 0.25) is 10.0 Å². The van der Waals surface area contributed by atoms with Crippen LogP contribution in [0.1, 0.15) is 19.8 Å². The normalized spacial score (nSPS) is 11.5. The summed E-state index contributed by atoms with van der Waals surface area (Å²) in [5.41, 5.74) is 4.92. The Morgan fingerprint density at radius 2 is 2.12 bits per heavy atom. The van der Waals surface area contributed by atoms with E-state index in [-0.39, 0.29) is 22.2 Å². The number of unbranched alkanes of at least 4 members (excludes halogenated alkanes) is 1. The number of nitrogens with two attached hydrogens (primary N) is 1. The molecule has 17 heavy (non-hydrogen) atoms. The molecular weight excluding hydrogens is 267 g/mol. The van der Waals surface area contributed by atoms with E-state index in [2.05, 4.69) is 4.72 Å². The molecule has 1 aromatic rings. The van der Waals surface area contributed by atoms with Crippen LogP contribution in [0.5, 0.6) is 0 Å². The molecule has 0 radical (unpaired) electrons. The van der Waals surface area contributed by atoms with Crippen molar-refractivity contribution < 1.29 is 12.8 Å². The van der Waals surface area contributed by atoms with Crippen LogP contribution in [-0.2, 0) is 10.0 Å². The van der Waals surface area contributed by atoms with Crippen LogP contribution in [0, 0.1) is 5.82 Å². The number of benzene rings is 1. The standard InChI is InChI=1S/C10H14ClFN2O2S/c1-2-3-6-17(15,16)14-8-5-4-7(11)10(13)9(8)12/h4-5,14H,2-3,6,13H2,1H3. The van der Waals surface area contributed by atoms with Crippen molar-refractivity contribution in [3.05, 3.63) is 23.0 Å². The lowest BCUT2D eigenvalue weighted by Crippen LogP contribution is -2.17. The molecule has 0 aliphatic rings. The fourth-order valence-corrected chi connectivity index (χ4v) is 2.61. The van der Waals surface area contributed by atoms with Gasteiger partial charge in [-0.05, 0) is 18.6 Å². The van der Waals surface area contributed by atoms with Gasteiger partial charge in [0.1, 0.15) is 0 Å². The quantitative estimate of drug-likeness (QED) is 0.814. The van der Waals surface area contributed by atoms with Gasteiger partial charge >= 0.3 is 0 Å². The van der Waals surface area contributed by atoms with Crippen LogP contribution in [0.2, 0.25) is 5.02 Å². The maximum atomic E-state index is 13.6. The van der Waals surface area contributed by atoms with Crippen LogP contribution in [0.15, 0.2) is 12.1 Å². The lowest BCUT2D eigenvalue weighted by Gasteiger charge is -2.10. The highest BCUT2D eigenvalue weighted by Gasteiger charge is 2.15. The van der Waals surface area contributed by atoms with Crippen molar-refractivity contribution in [3.63, 3.8) is 0 Å². The molecule has 0 amide bonds. The summed E-state index contributed by atoms with van der Waals surface area (Å²) in [5.74, 6) is -0.900. The molecule has 0 aliphatic heterocycles. The summed E-state index contributed by atoms with van der Waals surface area (Å²) >= 11 is 5.60. The number of halogens is 2. The Bertz CT molecular complexity index is 505. The van der Waals surface area contributed by atoms with E-state index in [4.69, 9.17) is 17.3 Å². The zero-order valence-electron chi connectivity index (χ0n) is 9.33. The number of hydrogen-bond donors (Lipinski definition) is 2.